The van der Waals surface area contributed by atoms with E-state index >= 15 is 0 Å². The zero-order chi connectivity index (χ0) is 11.4. The van der Waals surface area contributed by atoms with Crippen molar-refractivity contribution in [3.8, 4) is 0 Å². The maximum atomic E-state index is 11.2. The first kappa shape index (κ1) is 16.9. The molecule has 0 aromatic carbocycles. The van der Waals surface area contributed by atoms with Gasteiger partial charge in [-0.15, -0.1) is 0 Å². The van der Waals surface area contributed by atoms with Crippen molar-refractivity contribution in [1.82, 2.24) is 0 Å². The molecule has 1 atom stereocenters. The quantitative estimate of drug-likeness (QED) is 0.333. The monoisotopic (exact) mass is 235 g/mol. The second-order valence-electron chi connectivity index (χ2n) is 4.43. The minimum absolute atomic E-state index is 0. The Balaban J connectivity index is 0. The summed E-state index contributed by atoms with van der Waals surface area (Å²) in [6.45, 7) is 11.1. The molecular weight excluding hydrogens is 214 g/mol. The fraction of sp³-hybridized carbons (Fsp3) is 0.727. The Morgan fingerprint density at radius 3 is 2.27 bits per heavy atom. The topological polar surface area (TPSA) is 26.3 Å². The van der Waals surface area contributed by atoms with Crippen molar-refractivity contribution in [2.45, 2.75) is 26.9 Å². The predicted octanol–water partition coefficient (Wildman–Crippen LogP) is -1.41. The number of nitrogens with zero attached hydrogens (tertiary/aromatic N) is 1. The number of rotatable bonds is 5. The lowest BCUT2D eigenvalue weighted by molar-refractivity contribution is -0.891. The first-order valence-corrected chi connectivity index (χ1v) is 4.97. The molecule has 1 unspecified atom stereocenters. The molecule has 0 aliphatic carbocycles. The normalized spacial score (nSPS) is 12.6. The van der Waals surface area contributed by atoms with Crippen molar-refractivity contribution >= 4 is 5.97 Å². The Morgan fingerprint density at radius 1 is 1.47 bits per heavy atom. The largest absolute Gasteiger partial charge is 1.00 e. The van der Waals surface area contributed by atoms with E-state index in [2.05, 4.69) is 27.6 Å². The minimum atomic E-state index is -0.298. The molecule has 0 radical (unpaired) electrons. The molecule has 0 N–H and O–H groups in total. The van der Waals surface area contributed by atoms with E-state index in [4.69, 9.17) is 4.74 Å². The number of carbonyl (C=O) groups excluding carboxylic acids is 1. The van der Waals surface area contributed by atoms with Crippen molar-refractivity contribution in [2.24, 2.45) is 0 Å². The molecule has 0 amide bonds. The van der Waals surface area contributed by atoms with Crippen LogP contribution in [0.5, 0.6) is 0 Å². The standard InChI is InChI=1S/C11H22NO2.ClH/c1-7-12(5,6)8-10(4)14-11(13)9(2)3;/h10H,2,7-8H2,1,3-6H3;1H/q+1;/p-1. The Morgan fingerprint density at radius 2 is 1.93 bits per heavy atom. The first-order chi connectivity index (χ1) is 6.28. The molecule has 0 aliphatic heterocycles. The lowest BCUT2D eigenvalue weighted by Crippen LogP contribution is -3.00. The lowest BCUT2D eigenvalue weighted by atomic mass is 10.3. The molecule has 0 spiro atoms. The fourth-order valence-electron chi connectivity index (χ4n) is 1.15. The van der Waals surface area contributed by atoms with Gasteiger partial charge in [-0.05, 0) is 20.8 Å². The van der Waals surface area contributed by atoms with Crippen molar-refractivity contribution in [3.05, 3.63) is 12.2 Å². The average molecular weight is 236 g/mol. The fourth-order valence-corrected chi connectivity index (χ4v) is 1.15. The number of halogens is 1. The van der Waals surface area contributed by atoms with Gasteiger partial charge in [-0.25, -0.2) is 4.79 Å². The van der Waals surface area contributed by atoms with Gasteiger partial charge in [0.1, 0.15) is 12.6 Å². The summed E-state index contributed by atoms with van der Waals surface area (Å²) in [6, 6.07) is 0. The zero-order valence-electron chi connectivity index (χ0n) is 10.3. The molecule has 4 heteroatoms. The van der Waals surface area contributed by atoms with E-state index in [1.165, 1.54) is 0 Å². The lowest BCUT2D eigenvalue weighted by Gasteiger charge is -2.30. The van der Waals surface area contributed by atoms with Crippen LogP contribution in [0, 0.1) is 0 Å². The van der Waals surface area contributed by atoms with Gasteiger partial charge >= 0.3 is 5.97 Å². The summed E-state index contributed by atoms with van der Waals surface area (Å²) in [6.07, 6.45) is -0.0610. The van der Waals surface area contributed by atoms with Gasteiger partial charge in [0.15, 0.2) is 0 Å². The molecular formula is C11H22ClNO2. The summed E-state index contributed by atoms with van der Waals surface area (Å²) in [5.74, 6) is -0.298. The highest BCUT2D eigenvalue weighted by Gasteiger charge is 2.19. The molecule has 0 saturated carbocycles. The van der Waals surface area contributed by atoms with Crippen LogP contribution in [0.2, 0.25) is 0 Å². The maximum Gasteiger partial charge on any atom is 0.333 e. The van der Waals surface area contributed by atoms with E-state index in [9.17, 15) is 4.79 Å². The summed E-state index contributed by atoms with van der Waals surface area (Å²) in [4.78, 5) is 11.2. The van der Waals surface area contributed by atoms with E-state index < -0.39 is 0 Å². The Kier molecular flexibility index (Phi) is 7.71. The molecule has 0 aliphatic rings. The van der Waals surface area contributed by atoms with E-state index in [0.717, 1.165) is 17.6 Å². The first-order valence-electron chi connectivity index (χ1n) is 4.97. The van der Waals surface area contributed by atoms with Gasteiger partial charge in [0.2, 0.25) is 0 Å². The highest BCUT2D eigenvalue weighted by Crippen LogP contribution is 2.04. The van der Waals surface area contributed by atoms with Crippen molar-refractivity contribution in [2.75, 3.05) is 27.2 Å². The maximum absolute atomic E-state index is 11.2. The molecule has 0 rings (SSSR count). The average Bonchev–Trinajstić information content (AvgIpc) is 2.02. The van der Waals surface area contributed by atoms with Crippen LogP contribution in [0.1, 0.15) is 20.8 Å². The van der Waals surface area contributed by atoms with Gasteiger partial charge in [-0.1, -0.05) is 6.58 Å². The van der Waals surface area contributed by atoms with Crippen LogP contribution in [0.25, 0.3) is 0 Å². The Hall–Kier alpha value is -0.540. The number of esters is 1. The van der Waals surface area contributed by atoms with Crippen LogP contribution in [-0.4, -0.2) is 43.7 Å². The third kappa shape index (κ3) is 7.40. The van der Waals surface area contributed by atoms with Crippen molar-refractivity contribution < 1.29 is 26.4 Å². The molecule has 3 nitrogen and oxygen atoms in total. The Labute approximate surface area is 99.1 Å². The number of carbonyl (C=O) groups is 1. The predicted molar refractivity (Wildman–Crippen MR) is 57.9 cm³/mol. The molecule has 0 bridgehead atoms. The number of quaternary nitrogens is 1. The number of likely N-dealkylation sites (N-methyl/N-ethyl adjacent to an activating group) is 1. The zero-order valence-corrected chi connectivity index (χ0v) is 11.1. The number of hydrogen-bond acceptors (Lipinski definition) is 2. The molecule has 0 saturated heterocycles. The van der Waals surface area contributed by atoms with Crippen LogP contribution in [0.4, 0.5) is 0 Å². The van der Waals surface area contributed by atoms with E-state index in [1.54, 1.807) is 6.92 Å². The molecule has 15 heavy (non-hydrogen) atoms. The molecule has 0 aromatic rings. The summed E-state index contributed by atoms with van der Waals surface area (Å²) < 4.78 is 6.05. The van der Waals surface area contributed by atoms with Gasteiger partial charge in [0.05, 0.1) is 20.6 Å². The van der Waals surface area contributed by atoms with Crippen molar-refractivity contribution in [1.29, 1.82) is 0 Å². The van der Waals surface area contributed by atoms with Crippen LogP contribution < -0.4 is 12.4 Å². The number of hydrogen-bond donors (Lipinski definition) is 0. The van der Waals surface area contributed by atoms with Crippen LogP contribution in [0.3, 0.4) is 0 Å². The smallest absolute Gasteiger partial charge is 0.333 e. The number of ether oxygens (including phenoxy) is 1. The second kappa shape index (κ2) is 6.85. The Bertz CT molecular complexity index is 227. The summed E-state index contributed by atoms with van der Waals surface area (Å²) in [7, 11) is 4.23. The highest BCUT2D eigenvalue weighted by atomic mass is 35.5. The molecule has 0 heterocycles. The molecule has 90 valence electrons. The third-order valence-electron chi connectivity index (χ3n) is 2.26. The van der Waals surface area contributed by atoms with Crippen LogP contribution in [0.15, 0.2) is 12.2 Å². The summed E-state index contributed by atoms with van der Waals surface area (Å²) in [5, 5.41) is 0. The molecule has 0 aromatic heterocycles. The summed E-state index contributed by atoms with van der Waals surface area (Å²) >= 11 is 0. The summed E-state index contributed by atoms with van der Waals surface area (Å²) in [5.41, 5.74) is 0.457. The van der Waals surface area contributed by atoms with Crippen LogP contribution in [-0.2, 0) is 9.53 Å². The van der Waals surface area contributed by atoms with Crippen molar-refractivity contribution in [3.63, 3.8) is 0 Å². The van der Waals surface area contributed by atoms with Gasteiger partial charge in [0.25, 0.3) is 0 Å². The van der Waals surface area contributed by atoms with Gasteiger partial charge in [0, 0.05) is 5.57 Å². The van der Waals surface area contributed by atoms with E-state index in [0.29, 0.717) is 5.57 Å². The van der Waals surface area contributed by atoms with Gasteiger partial charge in [-0.2, -0.15) is 0 Å². The van der Waals surface area contributed by atoms with Gasteiger partial charge in [-0.3, -0.25) is 0 Å². The highest BCUT2D eigenvalue weighted by molar-refractivity contribution is 5.87. The van der Waals surface area contributed by atoms with Gasteiger partial charge < -0.3 is 21.6 Å². The second-order valence-corrected chi connectivity index (χ2v) is 4.43. The SMILES string of the molecule is C=C(C)C(=O)OC(C)C[N+](C)(C)CC.[Cl-]. The van der Waals surface area contributed by atoms with E-state index in [1.807, 2.05) is 6.92 Å². The minimum Gasteiger partial charge on any atom is -1.00 e. The molecule has 0 fully saturated rings. The van der Waals surface area contributed by atoms with E-state index in [-0.39, 0.29) is 24.5 Å². The third-order valence-corrected chi connectivity index (χ3v) is 2.26. The van der Waals surface area contributed by atoms with Crippen LogP contribution >= 0.6 is 0 Å².